The predicted molar refractivity (Wildman–Crippen MR) is 65.9 cm³/mol. The summed E-state index contributed by atoms with van der Waals surface area (Å²) >= 11 is 0. The van der Waals surface area contributed by atoms with Gasteiger partial charge in [0.05, 0.1) is 12.8 Å². The van der Waals surface area contributed by atoms with Gasteiger partial charge in [-0.05, 0) is 18.9 Å². The van der Waals surface area contributed by atoms with Crippen LogP contribution in [0.15, 0.2) is 17.5 Å². The fourth-order valence-corrected chi connectivity index (χ4v) is 2.30. The number of anilines is 1. The van der Waals surface area contributed by atoms with E-state index in [0.29, 0.717) is 5.69 Å². The largest absolute Gasteiger partial charge is 0.356 e. The van der Waals surface area contributed by atoms with E-state index in [1.807, 2.05) is 11.9 Å². The molecule has 1 aromatic rings. The second-order valence-electron chi connectivity index (χ2n) is 4.02. The highest BCUT2D eigenvalue weighted by Crippen LogP contribution is 2.40. The van der Waals surface area contributed by atoms with Gasteiger partial charge in [0, 0.05) is 19.9 Å². The van der Waals surface area contributed by atoms with Crippen LogP contribution in [-0.2, 0) is 4.74 Å². The Morgan fingerprint density at radius 3 is 2.82 bits per heavy atom. The van der Waals surface area contributed by atoms with Gasteiger partial charge in [0.25, 0.3) is 0 Å². The Morgan fingerprint density at radius 1 is 1.59 bits per heavy atom. The summed E-state index contributed by atoms with van der Waals surface area (Å²) in [5, 5.41) is 4.26. The minimum absolute atomic E-state index is 0.193. The number of hydrogen-bond donors (Lipinski definition) is 0. The average molecular weight is 232 g/mol. The van der Waals surface area contributed by atoms with Gasteiger partial charge in [-0.3, -0.25) is 0 Å². The molecular weight excluding hydrogens is 216 g/mol. The predicted octanol–water partition coefficient (Wildman–Crippen LogP) is 2.71. The second kappa shape index (κ2) is 4.22. The molecule has 0 saturated heterocycles. The van der Waals surface area contributed by atoms with E-state index < -0.39 is 0 Å². The minimum atomic E-state index is -0.193. The third-order valence-corrected chi connectivity index (χ3v) is 3.28. The van der Waals surface area contributed by atoms with Crippen molar-refractivity contribution in [2.75, 3.05) is 19.1 Å². The van der Waals surface area contributed by atoms with E-state index in [0.717, 1.165) is 17.9 Å². The van der Waals surface area contributed by atoms with E-state index in [1.165, 1.54) is 5.57 Å². The molecule has 2 heterocycles. The molecule has 0 fully saturated rings. The lowest BCUT2D eigenvalue weighted by molar-refractivity contribution is 0.0598. The Labute approximate surface area is 101 Å². The van der Waals surface area contributed by atoms with Gasteiger partial charge < -0.3 is 9.64 Å². The van der Waals surface area contributed by atoms with Gasteiger partial charge in [-0.25, -0.2) is 9.53 Å². The fourth-order valence-electron chi connectivity index (χ4n) is 2.30. The SMILES string of the molecule is [C-]#[N+]c1cnn2c1N(C)C(C)=C(CC)C2OC. The van der Waals surface area contributed by atoms with Crippen LogP contribution in [0.5, 0.6) is 0 Å². The molecule has 0 spiro atoms. The quantitative estimate of drug-likeness (QED) is 0.735. The van der Waals surface area contributed by atoms with E-state index in [2.05, 4.69) is 23.8 Å². The van der Waals surface area contributed by atoms with Crippen molar-refractivity contribution < 1.29 is 4.74 Å². The van der Waals surface area contributed by atoms with E-state index in [1.54, 1.807) is 18.0 Å². The zero-order valence-corrected chi connectivity index (χ0v) is 10.6. The molecule has 0 aromatic carbocycles. The molecule has 90 valence electrons. The molecule has 1 unspecified atom stereocenters. The molecule has 1 aliphatic rings. The van der Waals surface area contributed by atoms with Crippen LogP contribution in [0.4, 0.5) is 11.5 Å². The summed E-state index contributed by atoms with van der Waals surface area (Å²) in [6.07, 6.45) is 2.31. The molecule has 1 aromatic heterocycles. The van der Waals surface area contributed by atoms with Gasteiger partial charge in [-0.2, -0.15) is 5.10 Å². The van der Waals surface area contributed by atoms with Crippen LogP contribution in [0.1, 0.15) is 26.5 Å². The normalized spacial score (nSPS) is 19.2. The van der Waals surface area contributed by atoms with Crippen molar-refractivity contribution in [1.82, 2.24) is 9.78 Å². The molecule has 0 bridgehead atoms. The highest BCUT2D eigenvalue weighted by molar-refractivity contribution is 5.70. The summed E-state index contributed by atoms with van der Waals surface area (Å²) in [5.74, 6) is 0.807. The number of nitrogens with zero attached hydrogens (tertiary/aromatic N) is 4. The molecule has 0 saturated carbocycles. The standard InChI is InChI=1S/C12H16N4O/c1-6-9-8(2)15(4)11-10(13-3)7-14-16(11)12(9)17-5/h7,12H,6H2,1-2,4-5H3. The monoisotopic (exact) mass is 232 g/mol. The number of rotatable bonds is 2. The third-order valence-electron chi connectivity index (χ3n) is 3.28. The summed E-state index contributed by atoms with van der Waals surface area (Å²) in [6, 6.07) is 0. The number of fused-ring (bicyclic) bond motifs is 1. The van der Waals surface area contributed by atoms with Crippen LogP contribution < -0.4 is 4.90 Å². The van der Waals surface area contributed by atoms with Crippen molar-refractivity contribution in [3.63, 3.8) is 0 Å². The second-order valence-corrected chi connectivity index (χ2v) is 4.02. The smallest absolute Gasteiger partial charge is 0.247 e. The van der Waals surface area contributed by atoms with Gasteiger partial charge in [0.15, 0.2) is 6.23 Å². The van der Waals surface area contributed by atoms with Crippen LogP contribution >= 0.6 is 0 Å². The highest BCUT2D eigenvalue weighted by Gasteiger charge is 2.30. The molecular formula is C12H16N4O. The molecule has 0 N–H and O–H groups in total. The van der Waals surface area contributed by atoms with Crippen LogP contribution in [-0.4, -0.2) is 23.9 Å². The van der Waals surface area contributed by atoms with Crippen molar-refractivity contribution in [3.05, 3.63) is 28.9 Å². The molecule has 0 radical (unpaired) electrons. The topological polar surface area (TPSA) is 34.7 Å². The first-order chi connectivity index (χ1) is 8.15. The maximum atomic E-state index is 7.16. The Morgan fingerprint density at radius 2 is 2.29 bits per heavy atom. The number of aromatic nitrogens is 2. The lowest BCUT2D eigenvalue weighted by Crippen LogP contribution is -2.31. The van der Waals surface area contributed by atoms with Crippen molar-refractivity contribution in [2.24, 2.45) is 0 Å². The molecule has 0 amide bonds. The number of allylic oxidation sites excluding steroid dienone is 1. The van der Waals surface area contributed by atoms with Gasteiger partial charge >= 0.3 is 0 Å². The highest BCUT2D eigenvalue weighted by atomic mass is 16.5. The fraction of sp³-hybridized carbons (Fsp3) is 0.500. The summed E-state index contributed by atoms with van der Waals surface area (Å²) in [4.78, 5) is 5.50. The van der Waals surface area contributed by atoms with Crippen LogP contribution in [0, 0.1) is 6.57 Å². The van der Waals surface area contributed by atoms with Crippen LogP contribution in [0.3, 0.4) is 0 Å². The first-order valence-electron chi connectivity index (χ1n) is 5.56. The van der Waals surface area contributed by atoms with Crippen LogP contribution in [0.25, 0.3) is 4.85 Å². The molecule has 5 nitrogen and oxygen atoms in total. The Hall–Kier alpha value is -1.80. The van der Waals surface area contributed by atoms with E-state index in [9.17, 15) is 0 Å². The summed E-state index contributed by atoms with van der Waals surface area (Å²) in [6.45, 7) is 11.3. The van der Waals surface area contributed by atoms with Crippen molar-refractivity contribution in [2.45, 2.75) is 26.5 Å². The van der Waals surface area contributed by atoms with Crippen molar-refractivity contribution >= 4 is 11.5 Å². The summed E-state index contributed by atoms with van der Waals surface area (Å²) < 4.78 is 7.29. The van der Waals surface area contributed by atoms with Crippen LogP contribution in [0.2, 0.25) is 0 Å². The Kier molecular flexibility index (Phi) is 2.90. The Balaban J connectivity index is 2.63. The van der Waals surface area contributed by atoms with Gasteiger partial charge in [0.1, 0.15) is 5.82 Å². The number of ether oxygens (including phenoxy) is 1. The maximum Gasteiger partial charge on any atom is 0.247 e. The zero-order chi connectivity index (χ0) is 12.6. The molecule has 1 atom stereocenters. The first kappa shape index (κ1) is 11.7. The summed E-state index contributed by atoms with van der Waals surface area (Å²) in [7, 11) is 3.63. The number of methoxy groups -OCH3 is 1. The van der Waals surface area contributed by atoms with Gasteiger partial charge in [-0.1, -0.05) is 6.92 Å². The molecule has 0 aliphatic carbocycles. The Bertz CT molecular complexity index is 509. The maximum absolute atomic E-state index is 7.16. The average Bonchev–Trinajstić information content (AvgIpc) is 2.77. The van der Waals surface area contributed by atoms with E-state index in [-0.39, 0.29) is 6.23 Å². The van der Waals surface area contributed by atoms with Gasteiger partial charge in [-0.15, -0.1) is 0 Å². The van der Waals surface area contributed by atoms with E-state index in [4.69, 9.17) is 11.3 Å². The van der Waals surface area contributed by atoms with Gasteiger partial charge in [0.2, 0.25) is 5.69 Å². The zero-order valence-electron chi connectivity index (χ0n) is 10.6. The molecule has 2 rings (SSSR count). The summed E-state index contributed by atoms with van der Waals surface area (Å²) in [5.41, 5.74) is 2.89. The third kappa shape index (κ3) is 1.53. The molecule has 5 heteroatoms. The molecule has 1 aliphatic heterocycles. The van der Waals surface area contributed by atoms with Crippen molar-refractivity contribution in [3.8, 4) is 0 Å². The minimum Gasteiger partial charge on any atom is -0.356 e. The van der Waals surface area contributed by atoms with Crippen molar-refractivity contribution in [1.29, 1.82) is 0 Å². The lowest BCUT2D eigenvalue weighted by Gasteiger charge is -2.34. The lowest BCUT2D eigenvalue weighted by atomic mass is 10.1. The molecule has 17 heavy (non-hydrogen) atoms. The first-order valence-corrected chi connectivity index (χ1v) is 5.56. The van der Waals surface area contributed by atoms with E-state index >= 15 is 0 Å². The number of hydrogen-bond acceptors (Lipinski definition) is 3.